The molecule has 0 bridgehead atoms. The first kappa shape index (κ1) is 26.2. The fraction of sp³-hybridized carbons (Fsp3) is 0.375. The molecule has 0 unspecified atom stereocenters. The fourth-order valence-electron chi connectivity index (χ4n) is 4.18. The van der Waals surface area contributed by atoms with Crippen molar-refractivity contribution in [1.82, 2.24) is 15.3 Å². The molecule has 0 aliphatic heterocycles. The predicted octanol–water partition coefficient (Wildman–Crippen LogP) is 6.07. The Labute approximate surface area is 220 Å². The zero-order chi connectivity index (χ0) is 25.9. The summed E-state index contributed by atoms with van der Waals surface area (Å²) in [5.41, 5.74) is 1.01. The Morgan fingerprint density at radius 1 is 1.06 bits per heavy atom. The minimum absolute atomic E-state index is 0.0975. The molecule has 7 nitrogen and oxygen atoms in total. The van der Waals surface area contributed by atoms with Crippen molar-refractivity contribution in [2.75, 3.05) is 29.6 Å². The second kappa shape index (κ2) is 11.0. The van der Waals surface area contributed by atoms with E-state index in [0.29, 0.717) is 10.4 Å². The van der Waals surface area contributed by atoms with Gasteiger partial charge in [0, 0.05) is 36.0 Å². The largest absolute Gasteiger partial charge is 0.573 e. The number of benzene rings is 2. The number of halogens is 4. The smallest absolute Gasteiger partial charge is 0.404 e. The Hall–Kier alpha value is -2.86. The maximum absolute atomic E-state index is 12.8. The second-order valence-corrected chi connectivity index (χ2v) is 10.1. The third-order valence-electron chi connectivity index (χ3n) is 5.82. The van der Waals surface area contributed by atoms with Gasteiger partial charge in [0.05, 0.1) is 11.2 Å². The number of alkyl halides is 3. The van der Waals surface area contributed by atoms with Crippen LogP contribution in [0.2, 0.25) is 0 Å². The zero-order valence-electron chi connectivity index (χ0n) is 19.7. The van der Waals surface area contributed by atoms with E-state index >= 15 is 0 Å². The Morgan fingerprint density at radius 3 is 2.44 bits per heavy atom. The van der Waals surface area contributed by atoms with Crippen molar-refractivity contribution >= 4 is 61.6 Å². The molecule has 0 spiro atoms. The van der Waals surface area contributed by atoms with E-state index in [1.54, 1.807) is 6.07 Å². The molecule has 2 aromatic carbocycles. The van der Waals surface area contributed by atoms with Gasteiger partial charge in [-0.1, -0.05) is 28.1 Å². The van der Waals surface area contributed by atoms with Gasteiger partial charge in [-0.3, -0.25) is 0 Å². The lowest BCUT2D eigenvalue weighted by atomic mass is 9.91. The monoisotopic (exact) mass is 582 g/mol. The van der Waals surface area contributed by atoms with Gasteiger partial charge in [-0.25, -0.2) is 4.98 Å². The van der Waals surface area contributed by atoms with Gasteiger partial charge >= 0.3 is 6.36 Å². The van der Waals surface area contributed by atoms with Gasteiger partial charge in [-0.15, -0.1) is 13.2 Å². The summed E-state index contributed by atoms with van der Waals surface area (Å²) in [4.78, 5) is 11.4. The van der Waals surface area contributed by atoms with E-state index in [1.165, 1.54) is 12.1 Å². The summed E-state index contributed by atoms with van der Waals surface area (Å²) in [6, 6.07) is 12.5. The maximum Gasteiger partial charge on any atom is 0.573 e. The van der Waals surface area contributed by atoms with Crippen molar-refractivity contribution < 1.29 is 17.9 Å². The Balaban J connectivity index is 1.33. The van der Waals surface area contributed by atoms with Crippen molar-refractivity contribution in [3.63, 3.8) is 0 Å². The lowest BCUT2D eigenvalue weighted by Gasteiger charge is -2.30. The molecule has 36 heavy (non-hydrogen) atoms. The van der Waals surface area contributed by atoms with E-state index in [9.17, 15) is 13.2 Å². The van der Waals surface area contributed by atoms with E-state index in [2.05, 4.69) is 41.6 Å². The first-order valence-corrected chi connectivity index (χ1v) is 12.6. The first-order valence-electron chi connectivity index (χ1n) is 11.4. The lowest BCUT2D eigenvalue weighted by Crippen LogP contribution is -2.42. The van der Waals surface area contributed by atoms with E-state index in [1.807, 2.05) is 43.3 Å². The quantitative estimate of drug-likeness (QED) is 0.303. The van der Waals surface area contributed by atoms with E-state index in [4.69, 9.17) is 17.2 Å². The molecule has 0 radical (unpaired) electrons. The van der Waals surface area contributed by atoms with Crippen LogP contribution in [0.25, 0.3) is 10.9 Å². The number of nitrogens with zero attached hydrogens (tertiary/aromatic N) is 3. The van der Waals surface area contributed by atoms with Crippen LogP contribution < -0.4 is 25.6 Å². The highest BCUT2D eigenvalue weighted by Crippen LogP contribution is 2.33. The molecule has 1 aliphatic rings. The lowest BCUT2D eigenvalue weighted by molar-refractivity contribution is -0.274. The number of anilines is 3. The van der Waals surface area contributed by atoms with Gasteiger partial charge in [0.1, 0.15) is 5.82 Å². The first-order chi connectivity index (χ1) is 17.1. The molecule has 1 fully saturated rings. The van der Waals surface area contributed by atoms with Crippen LogP contribution in [0.4, 0.5) is 30.6 Å². The summed E-state index contributed by atoms with van der Waals surface area (Å²) in [6.45, 7) is 0. The molecular formula is C24H26BrF3N6OS. The average Bonchev–Trinajstić information content (AvgIpc) is 2.80. The van der Waals surface area contributed by atoms with Crippen LogP contribution in [0.15, 0.2) is 46.9 Å². The highest BCUT2D eigenvalue weighted by atomic mass is 79.9. The zero-order valence-corrected chi connectivity index (χ0v) is 22.1. The Kier molecular flexibility index (Phi) is 8.04. The molecule has 4 rings (SSSR count). The summed E-state index contributed by atoms with van der Waals surface area (Å²) in [5.74, 6) is 1.09. The Morgan fingerprint density at radius 2 is 1.75 bits per heavy atom. The summed E-state index contributed by atoms with van der Waals surface area (Å²) in [7, 11) is 3.91. The number of hydrogen-bond acceptors (Lipinski definition) is 6. The molecule has 0 amide bonds. The molecule has 3 N–H and O–H groups in total. The van der Waals surface area contributed by atoms with E-state index < -0.39 is 6.36 Å². The van der Waals surface area contributed by atoms with E-state index in [-0.39, 0.29) is 28.6 Å². The van der Waals surface area contributed by atoms with Gasteiger partial charge in [0.25, 0.3) is 0 Å². The minimum atomic E-state index is -4.81. The van der Waals surface area contributed by atoms with Crippen LogP contribution in [0.1, 0.15) is 25.7 Å². The fourth-order valence-corrected chi connectivity index (χ4v) is 4.80. The maximum atomic E-state index is 12.8. The molecule has 3 aromatic rings. The van der Waals surface area contributed by atoms with Gasteiger partial charge in [0.2, 0.25) is 5.95 Å². The molecule has 192 valence electrons. The third-order valence-corrected chi connectivity index (χ3v) is 6.53. The van der Waals surface area contributed by atoms with Gasteiger partial charge in [-0.05, 0) is 68.2 Å². The van der Waals surface area contributed by atoms with Crippen LogP contribution in [0.5, 0.6) is 5.75 Å². The van der Waals surface area contributed by atoms with E-state index in [0.717, 1.165) is 42.4 Å². The number of rotatable bonds is 6. The number of hydrogen-bond donors (Lipinski definition) is 3. The van der Waals surface area contributed by atoms with Gasteiger partial charge in [-0.2, -0.15) is 4.98 Å². The number of fused-ring (bicyclic) bond motifs is 1. The van der Waals surface area contributed by atoms with Crippen molar-refractivity contribution in [3.8, 4) is 5.75 Å². The molecule has 1 aliphatic carbocycles. The van der Waals surface area contributed by atoms with Crippen molar-refractivity contribution in [3.05, 3.63) is 46.9 Å². The van der Waals surface area contributed by atoms with Crippen LogP contribution in [0, 0.1) is 0 Å². The molecule has 1 heterocycles. The van der Waals surface area contributed by atoms with Crippen LogP contribution in [-0.4, -0.2) is 47.6 Å². The minimum Gasteiger partial charge on any atom is -0.404 e. The molecule has 0 atom stereocenters. The third kappa shape index (κ3) is 6.88. The molecular weight excluding hydrogens is 557 g/mol. The average molecular weight is 583 g/mol. The standard InChI is InChI=1S/C24H26BrF3N6OS/c1-34(2)21-17-5-3-4-6-18(17)31-22(33-21)29-15-8-10-16(11-9-15)30-23(36)32-19-12-7-14(25)13-20(19)35-24(26,27)28/h3-7,12-13,15-16H,8-11H2,1-2H3,(H,29,31,33)(H2,30,32,36). The number of thiocarbonyl (C=S) groups is 1. The number of para-hydroxylation sites is 1. The molecule has 12 heteroatoms. The molecule has 1 saturated carbocycles. The topological polar surface area (TPSA) is 74.3 Å². The summed E-state index contributed by atoms with van der Waals surface area (Å²) in [6.07, 6.45) is -1.40. The van der Waals surface area contributed by atoms with Crippen LogP contribution >= 0.6 is 28.1 Å². The SMILES string of the molecule is CN(C)c1nc(NC2CCC(NC(=S)Nc3ccc(Br)cc3OC(F)(F)F)CC2)nc2ccccc12. The molecule has 0 saturated heterocycles. The van der Waals surface area contributed by atoms with Gasteiger partial charge in [0.15, 0.2) is 10.9 Å². The molecule has 1 aromatic heterocycles. The highest BCUT2D eigenvalue weighted by Gasteiger charge is 2.32. The number of ether oxygens (including phenoxy) is 1. The highest BCUT2D eigenvalue weighted by molar-refractivity contribution is 9.10. The number of nitrogens with one attached hydrogen (secondary N) is 3. The summed E-state index contributed by atoms with van der Waals surface area (Å²) in [5, 5.41) is 10.7. The van der Waals surface area contributed by atoms with Crippen molar-refractivity contribution in [1.29, 1.82) is 0 Å². The van der Waals surface area contributed by atoms with Crippen LogP contribution in [0.3, 0.4) is 0 Å². The second-order valence-electron chi connectivity index (χ2n) is 8.76. The number of aromatic nitrogens is 2. The van der Waals surface area contributed by atoms with Crippen LogP contribution in [-0.2, 0) is 0 Å². The normalized spacial score (nSPS) is 17.9. The summed E-state index contributed by atoms with van der Waals surface area (Å²) >= 11 is 8.52. The van der Waals surface area contributed by atoms with Crippen molar-refractivity contribution in [2.45, 2.75) is 44.1 Å². The predicted molar refractivity (Wildman–Crippen MR) is 144 cm³/mol. The summed E-state index contributed by atoms with van der Waals surface area (Å²) < 4.78 is 42.9. The van der Waals surface area contributed by atoms with Crippen molar-refractivity contribution in [2.24, 2.45) is 0 Å². The Bertz CT molecular complexity index is 1230. The van der Waals surface area contributed by atoms with Gasteiger partial charge < -0.3 is 25.6 Å².